The molecule has 0 saturated heterocycles. The average Bonchev–Trinajstić information content (AvgIpc) is 3.23. The Morgan fingerprint density at radius 1 is 0.972 bits per heavy atom. The van der Waals surface area contributed by atoms with Gasteiger partial charge in [-0.05, 0) is 36.8 Å². The zero-order valence-electron chi connectivity index (χ0n) is 21.6. The molecule has 5 unspecified atom stereocenters. The molecule has 0 aliphatic carbocycles. The number of carboxylic acids is 1. The Balaban J connectivity index is 2.30. The Hall–Kier alpha value is -3.40. The van der Waals surface area contributed by atoms with E-state index in [0.29, 0.717) is 12.8 Å². The summed E-state index contributed by atoms with van der Waals surface area (Å²) >= 11 is 0. The zero-order chi connectivity index (χ0) is 27.0. The Morgan fingerprint density at radius 3 is 2.25 bits per heavy atom. The number of carbonyl (C=O) groups is 4. The van der Waals surface area contributed by atoms with Crippen LogP contribution in [0, 0.1) is 11.8 Å². The molecule has 5 atom stereocenters. The Kier molecular flexibility index (Phi) is 10.5. The van der Waals surface area contributed by atoms with Crippen LogP contribution in [0.25, 0.3) is 10.9 Å². The van der Waals surface area contributed by atoms with Gasteiger partial charge in [0.2, 0.25) is 17.7 Å². The highest BCUT2D eigenvalue weighted by Gasteiger charge is 2.32. The Morgan fingerprint density at radius 2 is 1.64 bits per heavy atom. The number of aliphatic carboxylic acids is 1. The summed E-state index contributed by atoms with van der Waals surface area (Å²) in [5, 5.41) is 18.0. The fraction of sp³-hybridized carbons (Fsp3) is 0.538. The Labute approximate surface area is 211 Å². The number of benzene rings is 1. The third-order valence-corrected chi connectivity index (χ3v) is 6.32. The van der Waals surface area contributed by atoms with Crippen LogP contribution in [0.1, 0.15) is 53.0 Å². The summed E-state index contributed by atoms with van der Waals surface area (Å²) in [5.74, 6) is -2.85. The van der Waals surface area contributed by atoms with E-state index >= 15 is 0 Å². The number of hydrogen-bond acceptors (Lipinski definition) is 5. The fourth-order valence-electron chi connectivity index (χ4n) is 3.94. The molecule has 0 spiro atoms. The molecule has 0 aliphatic rings. The maximum absolute atomic E-state index is 13.5. The van der Waals surface area contributed by atoms with Crippen molar-refractivity contribution in [3.8, 4) is 0 Å². The largest absolute Gasteiger partial charge is 0.480 e. The van der Waals surface area contributed by atoms with Crippen molar-refractivity contribution in [1.82, 2.24) is 20.9 Å². The molecule has 2 rings (SSSR count). The smallest absolute Gasteiger partial charge is 0.325 e. The average molecular weight is 502 g/mol. The molecule has 0 fully saturated rings. The van der Waals surface area contributed by atoms with Gasteiger partial charge in [-0.1, -0.05) is 52.3 Å². The van der Waals surface area contributed by atoms with Crippen LogP contribution in [0.15, 0.2) is 30.5 Å². The van der Waals surface area contributed by atoms with Crippen molar-refractivity contribution in [3.05, 3.63) is 36.0 Å². The summed E-state index contributed by atoms with van der Waals surface area (Å²) in [6, 6.07) is 3.75. The lowest BCUT2D eigenvalue weighted by Gasteiger charge is -2.27. The number of fused-ring (bicyclic) bond motifs is 1. The van der Waals surface area contributed by atoms with E-state index in [4.69, 9.17) is 10.8 Å². The summed E-state index contributed by atoms with van der Waals surface area (Å²) in [4.78, 5) is 53.5. The first-order valence-corrected chi connectivity index (χ1v) is 12.4. The molecule has 10 nitrogen and oxygen atoms in total. The third-order valence-electron chi connectivity index (χ3n) is 6.32. The second-order valence-corrected chi connectivity index (χ2v) is 9.80. The van der Waals surface area contributed by atoms with Crippen molar-refractivity contribution in [3.63, 3.8) is 0 Å². The van der Waals surface area contributed by atoms with E-state index in [1.165, 1.54) is 6.92 Å². The molecule has 0 aliphatic heterocycles. The van der Waals surface area contributed by atoms with Crippen LogP contribution in [0.5, 0.6) is 0 Å². The van der Waals surface area contributed by atoms with Crippen LogP contribution in [0.4, 0.5) is 0 Å². The number of rotatable bonds is 13. The quantitative estimate of drug-likeness (QED) is 0.244. The summed E-state index contributed by atoms with van der Waals surface area (Å²) in [6.07, 6.45) is 2.99. The number of aromatic nitrogens is 1. The number of nitrogens with two attached hydrogens (primary N) is 1. The monoisotopic (exact) mass is 501 g/mol. The van der Waals surface area contributed by atoms with Crippen LogP contribution >= 0.6 is 0 Å². The van der Waals surface area contributed by atoms with Gasteiger partial charge in [-0.2, -0.15) is 0 Å². The molecule has 1 aromatic heterocycles. The van der Waals surface area contributed by atoms with Gasteiger partial charge in [-0.25, -0.2) is 0 Å². The summed E-state index contributed by atoms with van der Waals surface area (Å²) in [5.41, 5.74) is 7.79. The van der Waals surface area contributed by atoms with Crippen LogP contribution in [0.3, 0.4) is 0 Å². The SMILES string of the molecule is CCC(C)C(NC(=O)C(Cc1c[nH]c2ccccc12)NC(=O)C(N)CC(C)C)C(=O)NC(C)C(=O)O. The van der Waals surface area contributed by atoms with E-state index in [2.05, 4.69) is 20.9 Å². The number of H-pyrrole nitrogens is 1. The molecule has 1 aromatic carbocycles. The molecule has 0 radical (unpaired) electrons. The predicted octanol–water partition coefficient (Wildman–Crippen LogP) is 1.69. The topological polar surface area (TPSA) is 166 Å². The van der Waals surface area contributed by atoms with Crippen LogP contribution in [-0.4, -0.2) is 57.9 Å². The number of nitrogens with one attached hydrogen (secondary N) is 4. The first-order chi connectivity index (χ1) is 16.9. The van der Waals surface area contributed by atoms with Crippen molar-refractivity contribution >= 4 is 34.6 Å². The van der Waals surface area contributed by atoms with Crippen LogP contribution < -0.4 is 21.7 Å². The summed E-state index contributed by atoms with van der Waals surface area (Å²) in [6.45, 7) is 8.93. The van der Waals surface area contributed by atoms with Gasteiger partial charge in [-0.15, -0.1) is 0 Å². The van der Waals surface area contributed by atoms with E-state index < -0.39 is 47.9 Å². The van der Waals surface area contributed by atoms with Gasteiger partial charge in [0.15, 0.2) is 0 Å². The maximum Gasteiger partial charge on any atom is 0.325 e. The van der Waals surface area contributed by atoms with E-state index in [1.807, 2.05) is 45.0 Å². The van der Waals surface area contributed by atoms with Gasteiger partial charge >= 0.3 is 5.97 Å². The minimum absolute atomic E-state index is 0.177. The normalized spacial score (nSPS) is 15.5. The molecule has 3 amide bonds. The van der Waals surface area contributed by atoms with Crippen molar-refractivity contribution < 1.29 is 24.3 Å². The third kappa shape index (κ3) is 7.81. The minimum atomic E-state index is -1.18. The summed E-state index contributed by atoms with van der Waals surface area (Å²) < 4.78 is 0. The van der Waals surface area contributed by atoms with E-state index in [9.17, 15) is 19.2 Å². The number of carboxylic acid groups (broad SMARTS) is 1. The minimum Gasteiger partial charge on any atom is -0.480 e. The van der Waals surface area contributed by atoms with Crippen molar-refractivity contribution in [2.24, 2.45) is 17.6 Å². The Bertz CT molecular complexity index is 1070. The number of hydrogen-bond donors (Lipinski definition) is 6. The highest BCUT2D eigenvalue weighted by Crippen LogP contribution is 2.20. The summed E-state index contributed by atoms with van der Waals surface area (Å²) in [7, 11) is 0. The van der Waals surface area contributed by atoms with Gasteiger partial charge in [0.05, 0.1) is 6.04 Å². The van der Waals surface area contributed by atoms with Gasteiger partial charge in [0.1, 0.15) is 18.1 Å². The molecule has 0 saturated carbocycles. The molecule has 1 heterocycles. The molecular weight excluding hydrogens is 462 g/mol. The predicted molar refractivity (Wildman–Crippen MR) is 138 cm³/mol. The highest BCUT2D eigenvalue weighted by atomic mass is 16.4. The molecule has 36 heavy (non-hydrogen) atoms. The van der Waals surface area contributed by atoms with Gasteiger partial charge in [0.25, 0.3) is 0 Å². The molecule has 198 valence electrons. The molecule has 0 bridgehead atoms. The fourth-order valence-corrected chi connectivity index (χ4v) is 3.94. The van der Waals surface area contributed by atoms with Gasteiger partial charge in [-0.3, -0.25) is 19.2 Å². The van der Waals surface area contributed by atoms with E-state index in [0.717, 1.165) is 16.5 Å². The molecule has 2 aromatic rings. The van der Waals surface area contributed by atoms with E-state index in [-0.39, 0.29) is 18.3 Å². The van der Waals surface area contributed by atoms with Crippen LogP contribution in [0.2, 0.25) is 0 Å². The van der Waals surface area contributed by atoms with Crippen LogP contribution in [-0.2, 0) is 25.6 Å². The van der Waals surface area contributed by atoms with Gasteiger partial charge in [0, 0.05) is 23.5 Å². The number of aromatic amines is 1. The molecular formula is C26H39N5O5. The lowest BCUT2D eigenvalue weighted by Crippen LogP contribution is -2.59. The van der Waals surface area contributed by atoms with Crippen molar-refractivity contribution in [2.45, 2.75) is 78.0 Å². The standard InChI is InChI=1S/C26H39N5O5/c1-6-15(4)22(25(34)29-16(5)26(35)36)31-24(33)21(30-23(32)19(27)11-14(2)3)12-17-13-28-20-10-8-7-9-18(17)20/h7-10,13-16,19,21-22,28H,6,11-12,27H2,1-5H3,(H,29,34)(H,30,32)(H,31,33)(H,35,36). The first-order valence-electron chi connectivity index (χ1n) is 12.4. The molecule has 7 N–H and O–H groups in total. The van der Waals surface area contributed by atoms with Crippen molar-refractivity contribution in [1.29, 1.82) is 0 Å². The first kappa shape index (κ1) is 28.8. The van der Waals surface area contributed by atoms with Crippen molar-refractivity contribution in [2.75, 3.05) is 0 Å². The lowest BCUT2D eigenvalue weighted by molar-refractivity contribution is -0.142. The molecule has 10 heteroatoms. The number of para-hydroxylation sites is 1. The number of carbonyl (C=O) groups excluding carboxylic acids is 3. The zero-order valence-corrected chi connectivity index (χ0v) is 21.6. The van der Waals surface area contributed by atoms with Gasteiger partial charge < -0.3 is 31.8 Å². The highest BCUT2D eigenvalue weighted by molar-refractivity contribution is 5.95. The lowest BCUT2D eigenvalue weighted by atomic mass is 9.96. The number of amides is 3. The van der Waals surface area contributed by atoms with E-state index in [1.54, 1.807) is 13.1 Å². The second kappa shape index (κ2) is 13.1. The second-order valence-electron chi connectivity index (χ2n) is 9.80. The maximum atomic E-state index is 13.5.